The number of alkyl halides is 3. The Bertz CT molecular complexity index is 1380. The number of esters is 1. The number of aromatic nitrogens is 3. The lowest BCUT2D eigenvalue weighted by Gasteiger charge is -2.11. The first-order valence-electron chi connectivity index (χ1n) is 9.29. The maximum Gasteiger partial charge on any atom is 0.422 e. The first-order valence-corrected chi connectivity index (χ1v) is 9.67. The number of carbonyl (C=O) groups is 2. The predicted molar refractivity (Wildman–Crippen MR) is 106 cm³/mol. The molecule has 0 saturated carbocycles. The van der Waals surface area contributed by atoms with E-state index in [-0.39, 0.29) is 27.3 Å². The van der Waals surface area contributed by atoms with Gasteiger partial charge in [-0.1, -0.05) is 11.6 Å². The van der Waals surface area contributed by atoms with E-state index in [1.165, 1.54) is 23.8 Å². The zero-order chi connectivity index (χ0) is 23.9. The number of halogens is 5. The van der Waals surface area contributed by atoms with E-state index < -0.39 is 42.1 Å². The van der Waals surface area contributed by atoms with E-state index in [2.05, 4.69) is 20.1 Å². The molecule has 1 atom stereocenters. The second kappa shape index (κ2) is 8.35. The molecule has 0 bridgehead atoms. The summed E-state index contributed by atoms with van der Waals surface area (Å²) in [6.07, 6.45) is -0.359. The van der Waals surface area contributed by atoms with Gasteiger partial charge in [-0.3, -0.25) is 4.79 Å². The Morgan fingerprint density at radius 1 is 1.30 bits per heavy atom. The number of furan rings is 1. The van der Waals surface area contributed by atoms with Crippen LogP contribution >= 0.6 is 11.6 Å². The average molecular weight is 485 g/mol. The number of hydrogen-bond donors (Lipinski definition) is 1. The number of nitrogens with one attached hydrogen (secondary N) is 1. The normalized spacial score (nSPS) is 12.8. The minimum absolute atomic E-state index is 0.0417. The third-order valence-electron chi connectivity index (χ3n) is 4.57. The van der Waals surface area contributed by atoms with Gasteiger partial charge in [0.25, 0.3) is 5.91 Å². The predicted octanol–water partition coefficient (Wildman–Crippen LogP) is 4.48. The van der Waals surface area contributed by atoms with Gasteiger partial charge in [-0.05, 0) is 25.1 Å². The molecule has 4 rings (SSSR count). The zero-order valence-corrected chi connectivity index (χ0v) is 17.4. The van der Waals surface area contributed by atoms with Gasteiger partial charge in [0, 0.05) is 17.8 Å². The van der Waals surface area contributed by atoms with Crippen molar-refractivity contribution in [1.29, 1.82) is 0 Å². The second-order valence-electron chi connectivity index (χ2n) is 6.94. The molecule has 0 spiro atoms. The van der Waals surface area contributed by atoms with Crippen molar-refractivity contribution >= 4 is 40.1 Å². The summed E-state index contributed by atoms with van der Waals surface area (Å²) in [5.74, 6) is -2.99. The van der Waals surface area contributed by atoms with E-state index in [1.807, 2.05) is 0 Å². The monoisotopic (exact) mass is 484 g/mol. The largest absolute Gasteiger partial charge is 0.456 e. The number of amides is 1. The molecule has 0 fully saturated rings. The quantitative estimate of drug-likeness (QED) is 0.331. The van der Waals surface area contributed by atoms with Crippen LogP contribution in [0.2, 0.25) is 5.02 Å². The van der Waals surface area contributed by atoms with Crippen LogP contribution in [0.5, 0.6) is 0 Å². The summed E-state index contributed by atoms with van der Waals surface area (Å²) in [6.45, 7) is -0.343. The standard InChI is InChI=1S/C20H13ClF4N4O4/c1-9(28-18(30)13-7-27-29-4-2-3-26-17(13)29)15-14(21)11-5-10(22)6-12(16(11)33-15)19(31)32-8-20(23,24)25/h2-7,9H,8H2,1H3,(H,28,30)/t9-/m0/s1. The highest BCUT2D eigenvalue weighted by atomic mass is 35.5. The molecule has 0 unspecified atom stereocenters. The van der Waals surface area contributed by atoms with Crippen LogP contribution in [0.3, 0.4) is 0 Å². The maximum absolute atomic E-state index is 14.1. The third-order valence-corrected chi connectivity index (χ3v) is 4.96. The van der Waals surface area contributed by atoms with Crippen molar-refractivity contribution in [2.75, 3.05) is 6.61 Å². The van der Waals surface area contributed by atoms with Gasteiger partial charge >= 0.3 is 12.1 Å². The fourth-order valence-corrected chi connectivity index (χ4v) is 3.48. The molecule has 1 N–H and O–H groups in total. The summed E-state index contributed by atoms with van der Waals surface area (Å²) in [7, 11) is 0. The topological polar surface area (TPSA) is 98.7 Å². The van der Waals surface area contributed by atoms with Gasteiger partial charge in [0.2, 0.25) is 0 Å². The molecule has 0 saturated heterocycles. The molecular formula is C20H13ClF4N4O4. The summed E-state index contributed by atoms with van der Waals surface area (Å²) >= 11 is 6.28. The molecule has 0 aliphatic carbocycles. The maximum atomic E-state index is 14.1. The summed E-state index contributed by atoms with van der Waals surface area (Å²) in [5, 5.41) is 6.46. The van der Waals surface area contributed by atoms with E-state index in [0.717, 1.165) is 6.07 Å². The number of nitrogens with zero attached hydrogens (tertiary/aromatic N) is 3. The van der Waals surface area contributed by atoms with Crippen molar-refractivity contribution in [3.8, 4) is 0 Å². The Morgan fingerprint density at radius 2 is 2.06 bits per heavy atom. The summed E-state index contributed by atoms with van der Waals surface area (Å²) < 4.78 is 62.4. The van der Waals surface area contributed by atoms with Crippen molar-refractivity contribution in [1.82, 2.24) is 19.9 Å². The van der Waals surface area contributed by atoms with Crippen LogP contribution < -0.4 is 5.32 Å². The highest BCUT2D eigenvalue weighted by molar-refractivity contribution is 6.36. The Kier molecular flexibility index (Phi) is 5.70. The third kappa shape index (κ3) is 4.46. The molecule has 33 heavy (non-hydrogen) atoms. The van der Waals surface area contributed by atoms with Crippen LogP contribution in [0.15, 0.2) is 41.2 Å². The van der Waals surface area contributed by atoms with Gasteiger partial charge in [-0.2, -0.15) is 18.3 Å². The number of hydrogen-bond acceptors (Lipinski definition) is 6. The van der Waals surface area contributed by atoms with Gasteiger partial charge in [0.1, 0.15) is 22.7 Å². The van der Waals surface area contributed by atoms with Crippen molar-refractivity contribution < 1.29 is 36.3 Å². The number of fused-ring (bicyclic) bond motifs is 2. The van der Waals surface area contributed by atoms with Gasteiger partial charge in [0.05, 0.1) is 17.3 Å². The van der Waals surface area contributed by atoms with Gasteiger partial charge in [-0.15, -0.1) is 0 Å². The number of benzene rings is 1. The van der Waals surface area contributed by atoms with Gasteiger partial charge in [-0.25, -0.2) is 18.7 Å². The Morgan fingerprint density at radius 3 is 2.79 bits per heavy atom. The summed E-state index contributed by atoms with van der Waals surface area (Å²) in [6, 6.07) is 2.39. The Balaban J connectivity index is 1.64. The van der Waals surface area contributed by atoms with E-state index in [0.29, 0.717) is 11.7 Å². The molecule has 172 valence electrons. The molecule has 1 amide bonds. The van der Waals surface area contributed by atoms with Crippen LogP contribution in [-0.4, -0.2) is 39.3 Å². The molecule has 0 radical (unpaired) electrons. The van der Waals surface area contributed by atoms with Crippen molar-refractivity contribution in [2.45, 2.75) is 19.1 Å². The highest BCUT2D eigenvalue weighted by Gasteiger charge is 2.31. The Labute approximate surface area is 187 Å². The van der Waals surface area contributed by atoms with Crippen molar-refractivity contribution in [3.63, 3.8) is 0 Å². The number of ether oxygens (including phenoxy) is 1. The smallest absolute Gasteiger partial charge is 0.422 e. The van der Waals surface area contributed by atoms with E-state index >= 15 is 0 Å². The lowest BCUT2D eigenvalue weighted by molar-refractivity contribution is -0.161. The van der Waals surface area contributed by atoms with Crippen LogP contribution in [0.4, 0.5) is 17.6 Å². The number of rotatable bonds is 5. The minimum atomic E-state index is -4.76. The molecule has 0 aliphatic rings. The molecule has 0 aliphatic heterocycles. The van der Waals surface area contributed by atoms with Crippen molar-refractivity contribution in [2.24, 2.45) is 0 Å². The molecule has 8 nitrogen and oxygen atoms in total. The van der Waals surface area contributed by atoms with Crippen LogP contribution in [0.1, 0.15) is 39.4 Å². The second-order valence-corrected chi connectivity index (χ2v) is 7.32. The Hall–Kier alpha value is -3.67. The van der Waals surface area contributed by atoms with E-state index in [1.54, 1.807) is 12.3 Å². The fraction of sp³-hybridized carbons (Fsp3) is 0.200. The number of carbonyl (C=O) groups excluding carboxylic acids is 2. The first kappa shape index (κ1) is 22.5. The lowest BCUT2D eigenvalue weighted by Crippen LogP contribution is -2.26. The fourth-order valence-electron chi connectivity index (χ4n) is 3.14. The minimum Gasteiger partial charge on any atom is -0.456 e. The van der Waals surface area contributed by atoms with Crippen molar-refractivity contribution in [3.05, 3.63) is 64.5 Å². The molecule has 3 heterocycles. The van der Waals surface area contributed by atoms with Crippen LogP contribution in [0.25, 0.3) is 16.6 Å². The average Bonchev–Trinajstić information content (AvgIpc) is 3.32. The zero-order valence-electron chi connectivity index (χ0n) is 16.6. The summed E-state index contributed by atoms with van der Waals surface area (Å²) in [5.41, 5.74) is -0.387. The SMILES string of the molecule is C[C@H](NC(=O)c1cnn2cccnc12)c1oc2c(C(=O)OCC(F)(F)F)cc(F)cc2c1Cl. The summed E-state index contributed by atoms with van der Waals surface area (Å²) in [4.78, 5) is 28.9. The first-order chi connectivity index (χ1) is 15.5. The van der Waals surface area contributed by atoms with E-state index in [4.69, 9.17) is 16.0 Å². The molecule has 1 aromatic carbocycles. The van der Waals surface area contributed by atoms with Gasteiger partial charge < -0.3 is 14.5 Å². The highest BCUT2D eigenvalue weighted by Crippen LogP contribution is 2.37. The van der Waals surface area contributed by atoms with Crippen LogP contribution in [-0.2, 0) is 4.74 Å². The molecule has 3 aromatic heterocycles. The molecule has 4 aromatic rings. The van der Waals surface area contributed by atoms with Gasteiger partial charge in [0.15, 0.2) is 17.8 Å². The molecular weight excluding hydrogens is 472 g/mol. The van der Waals surface area contributed by atoms with E-state index in [9.17, 15) is 27.2 Å². The lowest BCUT2D eigenvalue weighted by atomic mass is 10.1. The molecule has 13 heteroatoms. The van der Waals surface area contributed by atoms with Crippen LogP contribution in [0, 0.1) is 5.82 Å².